The van der Waals surface area contributed by atoms with Crippen LogP contribution in [0.4, 0.5) is 0 Å². The van der Waals surface area contributed by atoms with Gasteiger partial charge in [-0.05, 0) is 35.2 Å². The van der Waals surface area contributed by atoms with E-state index in [1.165, 1.54) is 5.56 Å². The summed E-state index contributed by atoms with van der Waals surface area (Å²) in [5.41, 5.74) is 6.02. The minimum Gasteiger partial charge on any atom is -0.252 e. The van der Waals surface area contributed by atoms with Crippen molar-refractivity contribution >= 4 is 11.0 Å². The van der Waals surface area contributed by atoms with E-state index >= 15 is 0 Å². The average molecular weight is 328 g/mol. The van der Waals surface area contributed by atoms with Crippen molar-refractivity contribution < 1.29 is 0 Å². The second-order valence-corrected chi connectivity index (χ2v) is 7.22. The topological polar surface area (TPSA) is 43.6 Å². The highest BCUT2D eigenvalue weighted by molar-refractivity contribution is 5.76. The first kappa shape index (κ1) is 15.5. The monoisotopic (exact) mass is 328 g/mol. The standard InChI is InChI=1S/C21H20N4/c1-21(2,3)16-7-6-8-17(11-16)25-14-15(12-23-25)20-13-22-18-9-4-5-10-19(18)24-20/h4-14H,1-3H3. The van der Waals surface area contributed by atoms with E-state index in [-0.39, 0.29) is 5.41 Å². The largest absolute Gasteiger partial charge is 0.252 e. The van der Waals surface area contributed by atoms with Gasteiger partial charge >= 0.3 is 0 Å². The van der Waals surface area contributed by atoms with Crippen molar-refractivity contribution in [3.05, 3.63) is 72.7 Å². The summed E-state index contributed by atoms with van der Waals surface area (Å²) in [7, 11) is 0. The average Bonchev–Trinajstić information content (AvgIpc) is 3.11. The Hall–Kier alpha value is -3.01. The predicted octanol–water partition coefficient (Wildman–Crippen LogP) is 4.78. The van der Waals surface area contributed by atoms with E-state index in [2.05, 4.69) is 55.1 Å². The van der Waals surface area contributed by atoms with E-state index in [0.29, 0.717) is 0 Å². The van der Waals surface area contributed by atoms with Crippen LogP contribution in [0.15, 0.2) is 67.1 Å². The van der Waals surface area contributed by atoms with Crippen LogP contribution in [-0.2, 0) is 5.41 Å². The maximum absolute atomic E-state index is 4.69. The molecule has 0 spiro atoms. The molecular formula is C21H20N4. The molecule has 4 heteroatoms. The third kappa shape index (κ3) is 3.03. The fourth-order valence-corrected chi connectivity index (χ4v) is 2.81. The van der Waals surface area contributed by atoms with Crippen molar-refractivity contribution in [2.75, 3.05) is 0 Å². The molecule has 0 aliphatic carbocycles. The lowest BCUT2D eigenvalue weighted by atomic mass is 9.87. The van der Waals surface area contributed by atoms with Gasteiger partial charge in [-0.25, -0.2) is 9.67 Å². The molecule has 2 aromatic heterocycles. The maximum Gasteiger partial charge on any atom is 0.0924 e. The highest BCUT2D eigenvalue weighted by Crippen LogP contribution is 2.25. The summed E-state index contributed by atoms with van der Waals surface area (Å²) >= 11 is 0. The molecule has 0 amide bonds. The molecular weight excluding hydrogens is 308 g/mol. The molecule has 4 rings (SSSR count). The Morgan fingerprint density at radius 1 is 0.880 bits per heavy atom. The molecule has 0 N–H and O–H groups in total. The zero-order chi connectivity index (χ0) is 17.4. The number of nitrogens with zero attached hydrogens (tertiary/aromatic N) is 4. The molecule has 124 valence electrons. The normalized spacial score (nSPS) is 11.8. The molecule has 0 aliphatic rings. The number of benzene rings is 2. The number of aromatic nitrogens is 4. The van der Waals surface area contributed by atoms with Crippen LogP contribution in [0.25, 0.3) is 28.0 Å². The van der Waals surface area contributed by atoms with Gasteiger partial charge < -0.3 is 0 Å². The molecule has 4 aromatic rings. The van der Waals surface area contributed by atoms with E-state index in [1.54, 1.807) is 6.20 Å². The Kier molecular flexibility index (Phi) is 3.61. The zero-order valence-corrected chi connectivity index (χ0v) is 14.6. The van der Waals surface area contributed by atoms with Gasteiger partial charge in [-0.2, -0.15) is 5.10 Å². The molecule has 0 radical (unpaired) electrons. The van der Waals surface area contributed by atoms with Crippen molar-refractivity contribution in [3.8, 4) is 16.9 Å². The van der Waals surface area contributed by atoms with Crippen molar-refractivity contribution in [2.24, 2.45) is 0 Å². The molecule has 0 saturated heterocycles. The molecule has 0 unspecified atom stereocenters. The van der Waals surface area contributed by atoms with Gasteiger partial charge in [0.1, 0.15) is 0 Å². The molecule has 0 aliphatic heterocycles. The first-order chi connectivity index (χ1) is 12.0. The van der Waals surface area contributed by atoms with Crippen LogP contribution in [0.1, 0.15) is 26.3 Å². The van der Waals surface area contributed by atoms with Gasteiger partial charge in [-0.15, -0.1) is 0 Å². The van der Waals surface area contributed by atoms with Crippen molar-refractivity contribution in [3.63, 3.8) is 0 Å². The summed E-state index contributed by atoms with van der Waals surface area (Å²) < 4.78 is 1.89. The van der Waals surface area contributed by atoms with Crippen LogP contribution >= 0.6 is 0 Å². The molecule has 0 fully saturated rings. The fourth-order valence-electron chi connectivity index (χ4n) is 2.81. The number of hydrogen-bond donors (Lipinski definition) is 0. The SMILES string of the molecule is CC(C)(C)c1cccc(-n2cc(-c3cnc4ccccc4n3)cn2)c1. The summed E-state index contributed by atoms with van der Waals surface area (Å²) in [4.78, 5) is 9.18. The Labute approximate surface area is 147 Å². The van der Waals surface area contributed by atoms with Gasteiger partial charge in [0.05, 0.1) is 34.8 Å². The first-order valence-corrected chi connectivity index (χ1v) is 8.38. The van der Waals surface area contributed by atoms with Gasteiger partial charge in [0.25, 0.3) is 0 Å². The van der Waals surface area contributed by atoms with Crippen LogP contribution in [0, 0.1) is 0 Å². The number of para-hydroxylation sites is 2. The Morgan fingerprint density at radius 3 is 2.48 bits per heavy atom. The number of rotatable bonds is 2. The summed E-state index contributed by atoms with van der Waals surface area (Å²) in [5.74, 6) is 0. The van der Waals surface area contributed by atoms with Crippen molar-refractivity contribution in [1.82, 2.24) is 19.7 Å². The van der Waals surface area contributed by atoms with E-state index in [9.17, 15) is 0 Å². The van der Waals surface area contributed by atoms with E-state index < -0.39 is 0 Å². The molecule has 25 heavy (non-hydrogen) atoms. The summed E-state index contributed by atoms with van der Waals surface area (Å²) in [6.07, 6.45) is 5.64. The van der Waals surface area contributed by atoms with Crippen LogP contribution in [-0.4, -0.2) is 19.7 Å². The zero-order valence-electron chi connectivity index (χ0n) is 14.6. The van der Waals surface area contributed by atoms with Crippen LogP contribution in [0.3, 0.4) is 0 Å². The third-order valence-electron chi connectivity index (χ3n) is 4.30. The van der Waals surface area contributed by atoms with E-state index in [1.807, 2.05) is 41.3 Å². The molecule has 4 nitrogen and oxygen atoms in total. The smallest absolute Gasteiger partial charge is 0.0924 e. The molecule has 2 heterocycles. The first-order valence-electron chi connectivity index (χ1n) is 8.38. The highest BCUT2D eigenvalue weighted by Gasteiger charge is 2.14. The molecule has 0 saturated carbocycles. The minimum absolute atomic E-state index is 0.107. The van der Waals surface area contributed by atoms with Gasteiger partial charge in [0.2, 0.25) is 0 Å². The Bertz CT molecular complexity index is 1040. The predicted molar refractivity (Wildman–Crippen MR) is 101 cm³/mol. The quantitative estimate of drug-likeness (QED) is 0.532. The van der Waals surface area contributed by atoms with Crippen LogP contribution in [0.5, 0.6) is 0 Å². The lowest BCUT2D eigenvalue weighted by molar-refractivity contribution is 0.589. The minimum atomic E-state index is 0.107. The van der Waals surface area contributed by atoms with Crippen LogP contribution in [0.2, 0.25) is 0 Å². The summed E-state index contributed by atoms with van der Waals surface area (Å²) in [6, 6.07) is 16.4. The van der Waals surface area contributed by atoms with Gasteiger partial charge in [-0.3, -0.25) is 4.98 Å². The fraction of sp³-hybridized carbons (Fsp3) is 0.190. The molecule has 2 aromatic carbocycles. The third-order valence-corrected chi connectivity index (χ3v) is 4.30. The maximum atomic E-state index is 4.69. The molecule has 0 atom stereocenters. The summed E-state index contributed by atoms with van der Waals surface area (Å²) in [6.45, 7) is 6.64. The Balaban J connectivity index is 1.72. The van der Waals surface area contributed by atoms with Gasteiger partial charge in [-0.1, -0.05) is 45.0 Å². The highest BCUT2D eigenvalue weighted by atomic mass is 15.3. The van der Waals surface area contributed by atoms with Gasteiger partial charge in [0, 0.05) is 11.8 Å². The van der Waals surface area contributed by atoms with E-state index in [0.717, 1.165) is 28.0 Å². The lowest BCUT2D eigenvalue weighted by Crippen LogP contribution is -2.11. The lowest BCUT2D eigenvalue weighted by Gasteiger charge is -2.19. The van der Waals surface area contributed by atoms with Crippen LogP contribution < -0.4 is 0 Å². The van der Waals surface area contributed by atoms with Crippen molar-refractivity contribution in [2.45, 2.75) is 26.2 Å². The van der Waals surface area contributed by atoms with E-state index in [4.69, 9.17) is 4.98 Å². The Morgan fingerprint density at radius 2 is 1.68 bits per heavy atom. The second-order valence-electron chi connectivity index (χ2n) is 7.22. The van der Waals surface area contributed by atoms with Crippen molar-refractivity contribution in [1.29, 1.82) is 0 Å². The number of hydrogen-bond acceptors (Lipinski definition) is 3. The second kappa shape index (κ2) is 5.81. The molecule has 0 bridgehead atoms. The van der Waals surface area contributed by atoms with Gasteiger partial charge in [0.15, 0.2) is 0 Å². The number of fused-ring (bicyclic) bond motifs is 1. The summed E-state index contributed by atoms with van der Waals surface area (Å²) in [5, 5.41) is 4.51.